The van der Waals surface area contributed by atoms with Crippen LogP contribution < -0.4 is 15.4 Å². The average Bonchev–Trinajstić information content (AvgIpc) is 3.30. The Morgan fingerprint density at radius 3 is 2.63 bits per heavy atom. The highest BCUT2D eigenvalue weighted by atomic mass is 32.2. The number of urea groups is 1. The molecule has 0 unspecified atom stereocenters. The first-order valence-electron chi connectivity index (χ1n) is 9.00. The van der Waals surface area contributed by atoms with Crippen molar-refractivity contribution >= 4 is 29.2 Å². The SMILES string of the molecule is CSc1cccc(NC(=O)Nc2ccc(Oc3cc(-n4ccnc4)ncn3)cc2)c1. The van der Waals surface area contributed by atoms with E-state index in [1.165, 1.54) is 6.33 Å². The van der Waals surface area contributed by atoms with E-state index in [-0.39, 0.29) is 6.03 Å². The molecule has 30 heavy (non-hydrogen) atoms. The largest absolute Gasteiger partial charge is 0.439 e. The molecule has 0 aliphatic heterocycles. The van der Waals surface area contributed by atoms with Gasteiger partial charge in [-0.2, -0.15) is 0 Å². The minimum Gasteiger partial charge on any atom is -0.439 e. The van der Waals surface area contributed by atoms with E-state index in [0.29, 0.717) is 23.1 Å². The maximum absolute atomic E-state index is 12.2. The second-order valence-corrected chi connectivity index (χ2v) is 7.00. The molecule has 0 bridgehead atoms. The van der Waals surface area contributed by atoms with Gasteiger partial charge in [0.25, 0.3) is 0 Å². The van der Waals surface area contributed by atoms with Crippen molar-refractivity contribution in [2.24, 2.45) is 0 Å². The van der Waals surface area contributed by atoms with E-state index >= 15 is 0 Å². The van der Waals surface area contributed by atoms with Gasteiger partial charge in [-0.15, -0.1) is 11.8 Å². The predicted octanol–water partition coefficient (Wildman–Crippen LogP) is 4.82. The number of aromatic nitrogens is 4. The van der Waals surface area contributed by atoms with Crippen LogP contribution in [0.5, 0.6) is 11.6 Å². The highest BCUT2D eigenvalue weighted by Gasteiger charge is 2.06. The molecule has 0 radical (unpaired) electrons. The predicted molar refractivity (Wildman–Crippen MR) is 117 cm³/mol. The molecule has 2 heterocycles. The summed E-state index contributed by atoms with van der Waals surface area (Å²) in [7, 11) is 0. The lowest BCUT2D eigenvalue weighted by molar-refractivity contribution is 0.262. The summed E-state index contributed by atoms with van der Waals surface area (Å²) >= 11 is 1.62. The van der Waals surface area contributed by atoms with E-state index in [1.807, 2.05) is 30.5 Å². The van der Waals surface area contributed by atoms with Crippen LogP contribution in [0.4, 0.5) is 16.2 Å². The summed E-state index contributed by atoms with van der Waals surface area (Å²) in [5, 5.41) is 5.62. The summed E-state index contributed by atoms with van der Waals surface area (Å²) in [5.74, 6) is 1.64. The molecule has 4 rings (SSSR count). The smallest absolute Gasteiger partial charge is 0.323 e. The number of thioether (sulfide) groups is 1. The topological polar surface area (TPSA) is 94.0 Å². The van der Waals surface area contributed by atoms with Crippen molar-refractivity contribution in [1.82, 2.24) is 19.5 Å². The molecule has 150 valence electrons. The van der Waals surface area contributed by atoms with Crippen molar-refractivity contribution in [3.05, 3.63) is 79.6 Å². The Bertz CT molecular complexity index is 1130. The van der Waals surface area contributed by atoms with Crippen LogP contribution in [0.2, 0.25) is 0 Å². The van der Waals surface area contributed by atoms with Gasteiger partial charge >= 0.3 is 6.03 Å². The number of nitrogens with zero attached hydrogens (tertiary/aromatic N) is 4. The Morgan fingerprint density at radius 2 is 1.87 bits per heavy atom. The molecule has 0 aliphatic carbocycles. The standard InChI is InChI=1S/C21H18N6O2S/c1-30-18-4-2-3-16(11-18)26-21(28)25-15-5-7-17(8-6-15)29-20-12-19(23-13-24-20)27-10-9-22-14-27/h2-14H,1H3,(H2,25,26,28). The maximum Gasteiger partial charge on any atom is 0.323 e. The number of hydrogen-bond donors (Lipinski definition) is 2. The van der Waals surface area contributed by atoms with Crippen molar-refractivity contribution in [2.45, 2.75) is 4.90 Å². The van der Waals surface area contributed by atoms with Gasteiger partial charge in [-0.25, -0.2) is 19.7 Å². The molecule has 0 fully saturated rings. The van der Waals surface area contributed by atoms with E-state index in [4.69, 9.17) is 4.74 Å². The summed E-state index contributed by atoms with van der Waals surface area (Å²) in [5.41, 5.74) is 1.37. The van der Waals surface area contributed by atoms with Crippen LogP contribution in [0.1, 0.15) is 0 Å². The van der Waals surface area contributed by atoms with Crippen LogP contribution in [0, 0.1) is 0 Å². The van der Waals surface area contributed by atoms with Gasteiger partial charge < -0.3 is 15.4 Å². The summed E-state index contributed by atoms with van der Waals surface area (Å²) < 4.78 is 7.54. The van der Waals surface area contributed by atoms with Gasteiger partial charge in [-0.05, 0) is 48.7 Å². The van der Waals surface area contributed by atoms with E-state index in [2.05, 4.69) is 25.6 Å². The fraction of sp³-hybridized carbons (Fsp3) is 0.0476. The number of ether oxygens (including phenoxy) is 1. The van der Waals surface area contributed by atoms with Gasteiger partial charge in [-0.1, -0.05) is 6.07 Å². The van der Waals surface area contributed by atoms with Crippen molar-refractivity contribution in [3.8, 4) is 17.4 Å². The average molecular weight is 418 g/mol. The molecule has 8 nitrogen and oxygen atoms in total. The van der Waals surface area contributed by atoms with E-state index in [1.54, 1.807) is 65.4 Å². The Kier molecular flexibility index (Phi) is 5.90. The van der Waals surface area contributed by atoms with Gasteiger partial charge in [0.2, 0.25) is 5.88 Å². The summed E-state index contributed by atoms with van der Waals surface area (Å²) in [6.07, 6.45) is 8.52. The molecule has 4 aromatic rings. The summed E-state index contributed by atoms with van der Waals surface area (Å²) in [6, 6.07) is 16.1. The van der Waals surface area contributed by atoms with Crippen LogP contribution in [0.25, 0.3) is 5.82 Å². The molecule has 9 heteroatoms. The zero-order chi connectivity index (χ0) is 20.8. The van der Waals surface area contributed by atoms with Gasteiger partial charge in [0.05, 0.1) is 0 Å². The molecular weight excluding hydrogens is 400 g/mol. The van der Waals surface area contributed by atoms with Crippen LogP contribution in [0.15, 0.2) is 84.5 Å². The van der Waals surface area contributed by atoms with Gasteiger partial charge in [-0.3, -0.25) is 4.57 Å². The molecule has 0 spiro atoms. The Morgan fingerprint density at radius 1 is 1.03 bits per heavy atom. The minimum absolute atomic E-state index is 0.317. The zero-order valence-electron chi connectivity index (χ0n) is 16.0. The van der Waals surface area contributed by atoms with Crippen molar-refractivity contribution in [3.63, 3.8) is 0 Å². The lowest BCUT2D eigenvalue weighted by Crippen LogP contribution is -2.19. The zero-order valence-corrected chi connectivity index (χ0v) is 16.8. The van der Waals surface area contributed by atoms with Crippen LogP contribution in [0.3, 0.4) is 0 Å². The summed E-state index contributed by atoms with van der Waals surface area (Å²) in [6.45, 7) is 0. The minimum atomic E-state index is -0.317. The van der Waals surface area contributed by atoms with Gasteiger partial charge in [0.1, 0.15) is 24.2 Å². The highest BCUT2D eigenvalue weighted by molar-refractivity contribution is 7.98. The summed E-state index contributed by atoms with van der Waals surface area (Å²) in [4.78, 5) is 25.6. The Balaban J connectivity index is 1.37. The number of carbonyl (C=O) groups excluding carboxylic acids is 1. The second kappa shape index (κ2) is 9.10. The maximum atomic E-state index is 12.2. The number of carbonyl (C=O) groups is 1. The number of hydrogen-bond acceptors (Lipinski definition) is 6. The van der Waals surface area contributed by atoms with E-state index in [0.717, 1.165) is 10.6 Å². The third-order valence-electron chi connectivity index (χ3n) is 4.06. The van der Waals surface area contributed by atoms with Gasteiger partial charge in [0.15, 0.2) is 0 Å². The Hall–Kier alpha value is -3.85. The normalized spacial score (nSPS) is 10.4. The van der Waals surface area contributed by atoms with Gasteiger partial charge in [0, 0.05) is 34.7 Å². The van der Waals surface area contributed by atoms with Crippen molar-refractivity contribution in [1.29, 1.82) is 0 Å². The molecule has 2 aromatic carbocycles. The van der Waals surface area contributed by atoms with E-state index < -0.39 is 0 Å². The molecule has 2 aromatic heterocycles. The number of benzene rings is 2. The molecule has 0 aliphatic rings. The number of imidazole rings is 1. The molecule has 2 N–H and O–H groups in total. The molecule has 0 saturated heterocycles. The fourth-order valence-electron chi connectivity index (χ4n) is 2.64. The number of nitrogens with one attached hydrogen (secondary N) is 2. The van der Waals surface area contributed by atoms with E-state index in [9.17, 15) is 4.79 Å². The number of amides is 2. The lowest BCUT2D eigenvalue weighted by Gasteiger charge is -2.10. The number of anilines is 2. The first-order chi connectivity index (χ1) is 14.7. The first kappa shape index (κ1) is 19.5. The Labute approximate surface area is 177 Å². The molecule has 0 saturated carbocycles. The second-order valence-electron chi connectivity index (χ2n) is 6.12. The van der Waals surface area contributed by atoms with Crippen LogP contribution >= 0.6 is 11.8 Å². The van der Waals surface area contributed by atoms with Crippen molar-refractivity contribution in [2.75, 3.05) is 16.9 Å². The highest BCUT2D eigenvalue weighted by Crippen LogP contribution is 2.23. The third-order valence-corrected chi connectivity index (χ3v) is 4.78. The fourth-order valence-corrected chi connectivity index (χ4v) is 3.10. The number of rotatable bonds is 6. The van der Waals surface area contributed by atoms with Crippen molar-refractivity contribution < 1.29 is 9.53 Å². The quantitative estimate of drug-likeness (QED) is 0.436. The molecule has 0 atom stereocenters. The molecule has 2 amide bonds. The lowest BCUT2D eigenvalue weighted by atomic mass is 10.3. The van der Waals surface area contributed by atoms with Crippen LogP contribution in [-0.2, 0) is 0 Å². The monoisotopic (exact) mass is 418 g/mol. The molecular formula is C21H18N6O2S. The van der Waals surface area contributed by atoms with Crippen LogP contribution in [-0.4, -0.2) is 31.8 Å². The first-order valence-corrected chi connectivity index (χ1v) is 10.2. The third kappa shape index (κ3) is 4.95.